The van der Waals surface area contributed by atoms with Gasteiger partial charge in [-0.2, -0.15) is 0 Å². The number of para-hydroxylation sites is 2. The van der Waals surface area contributed by atoms with Crippen LogP contribution in [0.2, 0.25) is 0 Å². The first kappa shape index (κ1) is 23.2. The van der Waals surface area contributed by atoms with Crippen molar-refractivity contribution in [1.82, 2.24) is 15.0 Å². The molecule has 4 aromatic heterocycles. The lowest BCUT2D eigenvalue weighted by Gasteiger charge is -2.09. The molecule has 0 radical (unpaired) electrons. The Hall–Kier alpha value is -6.21. The highest BCUT2D eigenvalue weighted by molar-refractivity contribution is 7.26. The van der Waals surface area contributed by atoms with Crippen molar-refractivity contribution in [3.63, 3.8) is 0 Å². The quantitative estimate of drug-likeness (QED) is 0.184. The summed E-state index contributed by atoms with van der Waals surface area (Å²) in [6.07, 6.45) is 0. The molecule has 0 amide bonds. The van der Waals surface area contributed by atoms with E-state index >= 15 is 0 Å². The summed E-state index contributed by atoms with van der Waals surface area (Å²) in [6, 6.07) is 36.0. The minimum absolute atomic E-state index is 0.0497. The van der Waals surface area contributed by atoms with Crippen LogP contribution < -0.4 is 0 Å². The van der Waals surface area contributed by atoms with E-state index in [1.54, 1.807) is 11.3 Å². The van der Waals surface area contributed by atoms with Crippen LogP contribution in [0.25, 0.3) is 108 Å². The van der Waals surface area contributed by atoms with Gasteiger partial charge in [0.05, 0.1) is 13.8 Å². The summed E-state index contributed by atoms with van der Waals surface area (Å²) < 4.78 is 64.9. The normalized spacial score (nSPS) is 13.6. The highest BCUT2D eigenvalue weighted by Gasteiger charge is 2.19. The third-order valence-corrected chi connectivity index (χ3v) is 11.5. The Bertz CT molecular complexity index is 3510. The molecule has 0 aliphatic rings. The van der Waals surface area contributed by atoms with E-state index in [2.05, 4.69) is 12.1 Å². The van der Waals surface area contributed by atoms with Crippen LogP contribution in [0, 0.1) is 0 Å². The van der Waals surface area contributed by atoms with Crippen LogP contribution in [0.3, 0.4) is 0 Å². The smallest absolute Gasteiger partial charge is 0.167 e. The molecule has 4 nitrogen and oxygen atoms in total. The van der Waals surface area contributed by atoms with Crippen LogP contribution in [-0.4, -0.2) is 15.0 Å². The lowest BCUT2D eigenvalue weighted by atomic mass is 10.0. The van der Waals surface area contributed by atoms with Gasteiger partial charge >= 0.3 is 0 Å². The molecule has 238 valence electrons. The van der Waals surface area contributed by atoms with Gasteiger partial charge in [-0.05, 0) is 41.4 Å². The van der Waals surface area contributed by atoms with Gasteiger partial charge in [0, 0.05) is 62.2 Å². The zero-order chi connectivity index (χ0) is 38.7. The number of nitrogens with zero attached hydrogens (tertiary/aromatic N) is 3. The van der Waals surface area contributed by atoms with Crippen LogP contribution in [0.15, 0.2) is 156 Å². The van der Waals surface area contributed by atoms with Crippen LogP contribution >= 0.6 is 22.7 Å². The predicted molar refractivity (Wildman–Crippen MR) is 215 cm³/mol. The molecule has 0 N–H and O–H groups in total. The van der Waals surface area contributed by atoms with Gasteiger partial charge in [0.25, 0.3) is 0 Å². The largest absolute Gasteiger partial charge is 0.455 e. The molecule has 0 bridgehead atoms. The van der Waals surface area contributed by atoms with E-state index < -0.39 is 0 Å². The second-order valence-electron chi connectivity index (χ2n) is 12.3. The van der Waals surface area contributed by atoms with E-state index in [1.165, 1.54) is 11.3 Å². The van der Waals surface area contributed by atoms with Gasteiger partial charge in [-0.25, -0.2) is 15.0 Å². The minimum Gasteiger partial charge on any atom is -0.455 e. The minimum atomic E-state index is -0.278. The van der Waals surface area contributed by atoms with Gasteiger partial charge in [-0.15, -0.1) is 22.7 Å². The van der Waals surface area contributed by atoms with Crippen molar-refractivity contribution in [2.45, 2.75) is 0 Å². The van der Waals surface area contributed by atoms with Crippen molar-refractivity contribution < 1.29 is 12.6 Å². The van der Waals surface area contributed by atoms with Crippen LogP contribution in [0.4, 0.5) is 0 Å². The summed E-state index contributed by atoms with van der Waals surface area (Å²) in [4.78, 5) is 14.6. The van der Waals surface area contributed by atoms with Gasteiger partial charge in [0.1, 0.15) is 11.2 Å². The first-order valence-electron chi connectivity index (χ1n) is 19.4. The van der Waals surface area contributed by atoms with Crippen LogP contribution in [0.5, 0.6) is 0 Å². The molecule has 6 heteroatoms. The maximum Gasteiger partial charge on any atom is 0.167 e. The Morgan fingerprint density at radius 1 is 0.471 bits per heavy atom. The number of furan rings is 1. The van der Waals surface area contributed by atoms with E-state index in [1.807, 2.05) is 103 Å². The maximum absolute atomic E-state index is 9.66. The van der Waals surface area contributed by atoms with Gasteiger partial charge in [-0.3, -0.25) is 0 Å². The fourth-order valence-electron chi connectivity index (χ4n) is 6.86. The maximum atomic E-state index is 9.66. The summed E-state index contributed by atoms with van der Waals surface area (Å²) in [6.45, 7) is 0. The summed E-state index contributed by atoms with van der Waals surface area (Å²) in [7, 11) is 0. The predicted octanol–water partition coefficient (Wildman–Crippen LogP) is 13.2. The standard InChI is InChI=1S/C45H25N3OS2/c1-2-10-26(11-3-1)43-46-44(48-45(47-43)36-17-9-15-34-30-12-4-6-18-37(30)49-41(34)36)28-21-23-33-35-16-8-14-29(42(35)51-40(33)25-28)27-20-22-32-31-13-5-7-19-38(31)50-39(32)24-27/h1-25H/i8D,14D,16D,21D,23D,25D. The van der Waals surface area contributed by atoms with Crippen molar-refractivity contribution in [1.29, 1.82) is 0 Å². The highest BCUT2D eigenvalue weighted by Crippen LogP contribution is 2.43. The molecule has 0 unspecified atom stereocenters. The van der Waals surface area contributed by atoms with E-state index in [9.17, 15) is 4.11 Å². The third kappa shape index (κ3) is 4.54. The highest BCUT2D eigenvalue weighted by atomic mass is 32.1. The van der Waals surface area contributed by atoms with Gasteiger partial charge in [-0.1, -0.05) is 121 Å². The molecule has 7 aromatic carbocycles. The Morgan fingerprint density at radius 3 is 2.16 bits per heavy atom. The SMILES string of the molecule is [2H]c1c([2H])c([2H])c2c(sc3c([2H])c(-c4nc(-c5ccccc5)nc(-c5cccc6c5oc5ccccc56)n4)c([2H])c([2H])c32)c1-c1ccc2c(c1)sc1ccccc12. The zero-order valence-electron chi connectivity index (χ0n) is 32.5. The lowest BCUT2D eigenvalue weighted by molar-refractivity contribution is 0.669. The molecule has 11 rings (SSSR count). The molecule has 0 aliphatic carbocycles. The molecule has 11 aromatic rings. The van der Waals surface area contributed by atoms with Crippen molar-refractivity contribution in [3.8, 4) is 45.3 Å². The Morgan fingerprint density at radius 2 is 1.24 bits per heavy atom. The third-order valence-electron chi connectivity index (χ3n) is 9.26. The summed E-state index contributed by atoms with van der Waals surface area (Å²) in [5, 5.41) is 4.61. The molecular weight excluding hydrogens is 663 g/mol. The van der Waals surface area contributed by atoms with Crippen molar-refractivity contribution >= 4 is 85.0 Å². The fraction of sp³-hybridized carbons (Fsp3) is 0. The fourth-order valence-corrected chi connectivity index (χ4v) is 9.14. The number of hydrogen-bond donors (Lipinski definition) is 0. The number of rotatable bonds is 4. The zero-order valence-corrected chi connectivity index (χ0v) is 28.2. The molecular formula is C45H25N3OS2. The lowest BCUT2D eigenvalue weighted by Crippen LogP contribution is -2.00. The average Bonchev–Trinajstić information content (AvgIpc) is 3.94. The first-order valence-corrected chi connectivity index (χ1v) is 18.0. The molecule has 0 aliphatic heterocycles. The number of aromatic nitrogens is 3. The molecule has 0 atom stereocenters. The first-order chi connectivity index (χ1) is 27.8. The molecule has 51 heavy (non-hydrogen) atoms. The summed E-state index contributed by atoms with van der Waals surface area (Å²) in [5.41, 5.74) is 3.85. The number of hydrogen-bond acceptors (Lipinski definition) is 6. The summed E-state index contributed by atoms with van der Waals surface area (Å²) in [5.74, 6) is 0.671. The van der Waals surface area contributed by atoms with Crippen molar-refractivity contribution in [3.05, 3.63) is 152 Å². The molecule has 0 saturated heterocycles. The van der Waals surface area contributed by atoms with Crippen molar-refractivity contribution in [2.75, 3.05) is 0 Å². The molecule has 0 fully saturated rings. The summed E-state index contributed by atoms with van der Waals surface area (Å²) >= 11 is 2.85. The van der Waals surface area contributed by atoms with Gasteiger partial charge < -0.3 is 4.42 Å². The van der Waals surface area contributed by atoms with E-state index in [-0.39, 0.29) is 58.9 Å². The van der Waals surface area contributed by atoms with Gasteiger partial charge in [0.2, 0.25) is 0 Å². The van der Waals surface area contributed by atoms with Crippen LogP contribution in [-0.2, 0) is 0 Å². The second-order valence-corrected chi connectivity index (χ2v) is 14.4. The topological polar surface area (TPSA) is 51.8 Å². The monoisotopic (exact) mass is 693 g/mol. The molecule has 4 heterocycles. The second kappa shape index (κ2) is 11.2. The number of thiophene rings is 2. The van der Waals surface area contributed by atoms with Crippen LogP contribution in [0.1, 0.15) is 8.22 Å². The van der Waals surface area contributed by atoms with E-state index in [0.29, 0.717) is 48.4 Å². The Balaban J connectivity index is 1.17. The van der Waals surface area contributed by atoms with Gasteiger partial charge in [0.15, 0.2) is 17.5 Å². The Kier molecular flexibility index (Phi) is 5.08. The van der Waals surface area contributed by atoms with E-state index in [0.717, 1.165) is 36.5 Å². The Labute approximate surface area is 308 Å². The average molecular weight is 694 g/mol. The van der Waals surface area contributed by atoms with E-state index in [4.69, 9.17) is 23.5 Å². The molecule has 0 spiro atoms. The molecule has 0 saturated carbocycles. The van der Waals surface area contributed by atoms with Crippen molar-refractivity contribution in [2.24, 2.45) is 0 Å². The number of fused-ring (bicyclic) bond motifs is 9. The number of benzene rings is 7.